The summed E-state index contributed by atoms with van der Waals surface area (Å²) in [6.45, 7) is 0.694. The van der Waals surface area contributed by atoms with Gasteiger partial charge in [0.15, 0.2) is 0 Å². The number of aromatic nitrogens is 1. The Balaban J connectivity index is 1.50. The predicted molar refractivity (Wildman–Crippen MR) is 83.2 cm³/mol. The molecule has 4 nitrogen and oxygen atoms in total. The number of anilines is 1. The molecule has 2 N–H and O–H groups in total. The number of fused-ring (bicyclic) bond motifs is 1. The van der Waals surface area contributed by atoms with Gasteiger partial charge in [0.2, 0.25) is 0 Å². The molecule has 3 rings (SSSR count). The molecule has 5 heteroatoms. The Morgan fingerprint density at radius 1 is 1.40 bits per heavy atom. The largest absolute Gasteiger partial charge is 0.338 e. The summed E-state index contributed by atoms with van der Waals surface area (Å²) in [6, 6.07) is 5.68. The Morgan fingerprint density at radius 3 is 3.20 bits per heavy atom. The number of benzene rings is 1. The number of nitrogens with zero attached hydrogens (tertiary/aromatic N) is 1. The minimum atomic E-state index is -0.147. The average Bonchev–Trinajstić information content (AvgIpc) is 3.08. The van der Waals surface area contributed by atoms with E-state index in [4.69, 9.17) is 0 Å². The molecule has 0 saturated heterocycles. The molecule has 20 heavy (non-hydrogen) atoms. The first-order chi connectivity index (χ1) is 9.81. The van der Waals surface area contributed by atoms with E-state index in [1.165, 1.54) is 36.4 Å². The van der Waals surface area contributed by atoms with E-state index in [1.807, 2.05) is 24.4 Å². The van der Waals surface area contributed by atoms with E-state index in [1.54, 1.807) is 0 Å². The monoisotopic (exact) mass is 287 g/mol. The van der Waals surface area contributed by atoms with Crippen molar-refractivity contribution in [2.75, 3.05) is 11.9 Å². The zero-order valence-electron chi connectivity index (χ0n) is 11.2. The maximum Gasteiger partial charge on any atom is 0.319 e. The van der Waals surface area contributed by atoms with Gasteiger partial charge in [-0.3, -0.25) is 0 Å². The second-order valence-corrected chi connectivity index (χ2v) is 5.80. The molecule has 104 valence electrons. The summed E-state index contributed by atoms with van der Waals surface area (Å²) in [5, 5.41) is 6.81. The summed E-state index contributed by atoms with van der Waals surface area (Å²) in [7, 11) is 0. The third-order valence-corrected chi connectivity index (χ3v) is 4.26. The molecule has 1 aromatic carbocycles. The maximum atomic E-state index is 11.8. The molecule has 0 unspecified atom stereocenters. The van der Waals surface area contributed by atoms with Crippen molar-refractivity contribution in [3.8, 4) is 0 Å². The first-order valence-corrected chi connectivity index (χ1v) is 7.66. The van der Waals surface area contributed by atoms with Crippen LogP contribution in [-0.4, -0.2) is 16.9 Å². The van der Waals surface area contributed by atoms with E-state index < -0.39 is 0 Å². The number of amides is 2. The highest BCUT2D eigenvalue weighted by atomic mass is 32.1. The standard InChI is InChI=1S/C15H17N3OS/c19-15(16-8-7-11-3-1-2-4-11)18-13-5-6-14-12(9-13)10-17-20-14/h3,5-6,9-10H,1-2,4,7-8H2,(H2,16,18,19). The molecular formula is C15H17N3OS. The Labute approximate surface area is 122 Å². The summed E-state index contributed by atoms with van der Waals surface area (Å²) < 4.78 is 5.25. The second-order valence-electron chi connectivity index (χ2n) is 4.96. The highest BCUT2D eigenvalue weighted by Crippen LogP contribution is 2.22. The van der Waals surface area contributed by atoms with Crippen molar-refractivity contribution in [2.45, 2.75) is 25.7 Å². The summed E-state index contributed by atoms with van der Waals surface area (Å²) in [6.07, 6.45) is 8.70. The fraction of sp³-hybridized carbons (Fsp3) is 0.333. The van der Waals surface area contributed by atoms with Gasteiger partial charge in [-0.15, -0.1) is 0 Å². The van der Waals surface area contributed by atoms with E-state index in [2.05, 4.69) is 21.1 Å². The van der Waals surface area contributed by atoms with E-state index in [0.29, 0.717) is 6.54 Å². The lowest BCUT2D eigenvalue weighted by molar-refractivity contribution is 0.252. The van der Waals surface area contributed by atoms with Crippen molar-refractivity contribution in [1.29, 1.82) is 0 Å². The van der Waals surface area contributed by atoms with Crippen LogP contribution in [0.4, 0.5) is 10.5 Å². The molecule has 1 heterocycles. The molecule has 1 aliphatic rings. The number of hydrogen-bond acceptors (Lipinski definition) is 3. The quantitative estimate of drug-likeness (QED) is 0.837. The highest BCUT2D eigenvalue weighted by molar-refractivity contribution is 7.13. The Morgan fingerprint density at radius 2 is 2.35 bits per heavy atom. The third-order valence-electron chi connectivity index (χ3n) is 3.48. The van der Waals surface area contributed by atoms with Crippen LogP contribution in [0.1, 0.15) is 25.7 Å². The van der Waals surface area contributed by atoms with Crippen LogP contribution in [0.2, 0.25) is 0 Å². The normalized spacial score (nSPS) is 14.3. The molecule has 2 aromatic rings. The molecule has 0 fully saturated rings. The van der Waals surface area contributed by atoms with Crippen molar-refractivity contribution < 1.29 is 4.79 Å². The van der Waals surface area contributed by atoms with Crippen molar-refractivity contribution in [1.82, 2.24) is 9.69 Å². The van der Waals surface area contributed by atoms with Crippen LogP contribution in [0.3, 0.4) is 0 Å². The lowest BCUT2D eigenvalue weighted by atomic mass is 10.2. The van der Waals surface area contributed by atoms with E-state index in [0.717, 1.165) is 22.2 Å². The van der Waals surface area contributed by atoms with Crippen LogP contribution < -0.4 is 10.6 Å². The SMILES string of the molecule is O=C(NCCC1=CCCC1)Nc1ccc2sncc2c1. The molecule has 0 bridgehead atoms. The number of rotatable bonds is 4. The number of carbonyl (C=O) groups is 1. The van der Waals surface area contributed by atoms with Crippen LogP contribution in [0, 0.1) is 0 Å². The van der Waals surface area contributed by atoms with Gasteiger partial charge in [-0.2, -0.15) is 4.37 Å². The number of nitrogens with one attached hydrogen (secondary N) is 2. The minimum absolute atomic E-state index is 0.147. The van der Waals surface area contributed by atoms with Crippen LogP contribution in [-0.2, 0) is 0 Å². The molecule has 0 spiro atoms. The van der Waals surface area contributed by atoms with Crippen molar-refractivity contribution in [2.24, 2.45) is 0 Å². The van der Waals surface area contributed by atoms with Crippen LogP contribution in [0.15, 0.2) is 36.0 Å². The molecule has 2 amide bonds. The third kappa shape index (κ3) is 3.17. The number of allylic oxidation sites excluding steroid dienone is 1. The highest BCUT2D eigenvalue weighted by Gasteiger charge is 2.06. The van der Waals surface area contributed by atoms with Gasteiger partial charge in [-0.25, -0.2) is 4.79 Å². The van der Waals surface area contributed by atoms with Crippen molar-refractivity contribution in [3.05, 3.63) is 36.0 Å². The van der Waals surface area contributed by atoms with Crippen LogP contribution >= 0.6 is 11.5 Å². The fourth-order valence-electron chi connectivity index (χ4n) is 2.43. The molecule has 0 saturated carbocycles. The molecule has 1 aliphatic carbocycles. The van der Waals surface area contributed by atoms with Gasteiger partial charge in [-0.05, 0) is 55.4 Å². The molecule has 1 aromatic heterocycles. The van der Waals surface area contributed by atoms with Crippen LogP contribution in [0.25, 0.3) is 10.1 Å². The first-order valence-electron chi connectivity index (χ1n) is 6.88. The lowest BCUT2D eigenvalue weighted by Crippen LogP contribution is -2.29. The predicted octanol–water partition coefficient (Wildman–Crippen LogP) is 3.92. The van der Waals surface area contributed by atoms with Gasteiger partial charge in [-0.1, -0.05) is 11.6 Å². The van der Waals surface area contributed by atoms with Gasteiger partial charge < -0.3 is 10.6 Å². The molecule has 0 atom stereocenters. The van der Waals surface area contributed by atoms with Gasteiger partial charge in [0.1, 0.15) is 0 Å². The smallest absolute Gasteiger partial charge is 0.319 e. The summed E-state index contributed by atoms with van der Waals surface area (Å²) in [4.78, 5) is 11.8. The molecule has 0 radical (unpaired) electrons. The fourth-order valence-corrected chi connectivity index (χ4v) is 3.05. The zero-order valence-corrected chi connectivity index (χ0v) is 12.0. The summed E-state index contributed by atoms with van der Waals surface area (Å²) >= 11 is 1.46. The van der Waals surface area contributed by atoms with Crippen LogP contribution in [0.5, 0.6) is 0 Å². The number of urea groups is 1. The minimum Gasteiger partial charge on any atom is -0.338 e. The number of carbonyl (C=O) groups excluding carboxylic acids is 1. The topological polar surface area (TPSA) is 54.0 Å². The zero-order chi connectivity index (χ0) is 13.8. The Bertz CT molecular complexity index is 647. The summed E-state index contributed by atoms with van der Waals surface area (Å²) in [5.74, 6) is 0. The van der Waals surface area contributed by atoms with Gasteiger partial charge in [0.05, 0.1) is 4.70 Å². The van der Waals surface area contributed by atoms with Crippen molar-refractivity contribution >= 4 is 33.3 Å². The van der Waals surface area contributed by atoms with E-state index in [9.17, 15) is 4.79 Å². The molecular weight excluding hydrogens is 270 g/mol. The Hall–Kier alpha value is -1.88. The summed E-state index contributed by atoms with van der Waals surface area (Å²) in [5.41, 5.74) is 2.27. The number of hydrogen-bond donors (Lipinski definition) is 2. The van der Waals surface area contributed by atoms with Crippen molar-refractivity contribution in [3.63, 3.8) is 0 Å². The van der Waals surface area contributed by atoms with Gasteiger partial charge >= 0.3 is 6.03 Å². The molecule has 0 aliphatic heterocycles. The second kappa shape index (κ2) is 6.05. The Kier molecular flexibility index (Phi) is 3.97. The average molecular weight is 287 g/mol. The first kappa shape index (κ1) is 13.1. The van der Waals surface area contributed by atoms with Gasteiger partial charge in [0, 0.05) is 23.8 Å². The van der Waals surface area contributed by atoms with E-state index >= 15 is 0 Å². The van der Waals surface area contributed by atoms with E-state index in [-0.39, 0.29) is 6.03 Å². The van der Waals surface area contributed by atoms with Gasteiger partial charge in [0.25, 0.3) is 0 Å². The lowest BCUT2D eigenvalue weighted by Gasteiger charge is -2.08. The maximum absolute atomic E-state index is 11.8.